The fraction of sp³-hybridized carbons (Fsp3) is 0.150. The van der Waals surface area contributed by atoms with Gasteiger partial charge in [0.25, 0.3) is 5.91 Å². The Morgan fingerprint density at radius 3 is 2.56 bits per heavy atom. The average molecular weight is 384 g/mol. The standard InChI is InChI=1S/C20H18ClN3O3/c1-13-3-8-17(21)9-18(13)24-19(25)16(10-22)12-23-11-14-4-6-15(7-5-14)20(26)27-2/h3-9,12,23H,11H2,1-2H3,(H,24,25)/b16-12-. The molecule has 0 aliphatic rings. The molecule has 0 radical (unpaired) electrons. The summed E-state index contributed by atoms with van der Waals surface area (Å²) in [5.74, 6) is -0.939. The molecule has 0 unspecified atom stereocenters. The number of nitrogens with zero attached hydrogens (tertiary/aromatic N) is 1. The fourth-order valence-electron chi connectivity index (χ4n) is 2.21. The first-order valence-electron chi connectivity index (χ1n) is 8.03. The van der Waals surface area contributed by atoms with Gasteiger partial charge in [0.2, 0.25) is 0 Å². The lowest BCUT2D eigenvalue weighted by Gasteiger charge is -2.08. The average Bonchev–Trinajstić information content (AvgIpc) is 2.67. The highest BCUT2D eigenvalue weighted by molar-refractivity contribution is 6.31. The second kappa shape index (κ2) is 9.41. The van der Waals surface area contributed by atoms with Crippen LogP contribution < -0.4 is 10.6 Å². The van der Waals surface area contributed by atoms with Crippen LogP contribution in [0.25, 0.3) is 0 Å². The van der Waals surface area contributed by atoms with Crippen LogP contribution in [0, 0.1) is 18.3 Å². The summed E-state index contributed by atoms with van der Waals surface area (Å²) in [6, 6.07) is 13.8. The molecule has 0 heterocycles. The fourth-order valence-corrected chi connectivity index (χ4v) is 2.39. The molecule has 138 valence electrons. The number of esters is 1. The van der Waals surface area contributed by atoms with E-state index in [1.54, 1.807) is 42.5 Å². The Kier molecular flexibility index (Phi) is 6.98. The summed E-state index contributed by atoms with van der Waals surface area (Å²) < 4.78 is 4.64. The van der Waals surface area contributed by atoms with Crippen molar-refractivity contribution in [1.29, 1.82) is 5.26 Å². The summed E-state index contributed by atoms with van der Waals surface area (Å²) in [4.78, 5) is 23.7. The number of benzene rings is 2. The summed E-state index contributed by atoms with van der Waals surface area (Å²) in [6.45, 7) is 2.22. The highest BCUT2D eigenvalue weighted by atomic mass is 35.5. The quantitative estimate of drug-likeness (QED) is 0.452. The van der Waals surface area contributed by atoms with Crippen molar-refractivity contribution in [1.82, 2.24) is 5.32 Å². The van der Waals surface area contributed by atoms with Gasteiger partial charge in [-0.15, -0.1) is 0 Å². The van der Waals surface area contributed by atoms with Crippen molar-refractivity contribution in [2.75, 3.05) is 12.4 Å². The number of rotatable bonds is 6. The molecule has 0 aliphatic carbocycles. The number of amides is 1. The maximum Gasteiger partial charge on any atom is 0.337 e. The minimum absolute atomic E-state index is 0.0689. The van der Waals surface area contributed by atoms with E-state index >= 15 is 0 Å². The number of nitriles is 1. The first-order valence-corrected chi connectivity index (χ1v) is 8.41. The maximum absolute atomic E-state index is 12.3. The van der Waals surface area contributed by atoms with E-state index in [2.05, 4.69) is 15.4 Å². The third kappa shape index (κ3) is 5.59. The van der Waals surface area contributed by atoms with Crippen LogP contribution in [-0.2, 0) is 16.1 Å². The highest BCUT2D eigenvalue weighted by Crippen LogP contribution is 2.20. The van der Waals surface area contributed by atoms with Crippen molar-refractivity contribution in [3.8, 4) is 6.07 Å². The molecule has 27 heavy (non-hydrogen) atoms. The van der Waals surface area contributed by atoms with Crippen LogP contribution in [0.4, 0.5) is 5.69 Å². The Labute approximate surface area is 162 Å². The molecule has 0 aliphatic heterocycles. The van der Waals surface area contributed by atoms with Crippen LogP contribution in [0.2, 0.25) is 5.02 Å². The second-order valence-electron chi connectivity index (χ2n) is 5.65. The van der Waals surface area contributed by atoms with Crippen LogP contribution in [0.15, 0.2) is 54.2 Å². The van der Waals surface area contributed by atoms with Gasteiger partial charge in [-0.2, -0.15) is 5.26 Å². The van der Waals surface area contributed by atoms with E-state index in [9.17, 15) is 14.9 Å². The van der Waals surface area contributed by atoms with E-state index in [0.717, 1.165) is 11.1 Å². The highest BCUT2D eigenvalue weighted by Gasteiger charge is 2.11. The van der Waals surface area contributed by atoms with E-state index in [1.165, 1.54) is 13.3 Å². The van der Waals surface area contributed by atoms with Gasteiger partial charge in [0, 0.05) is 23.5 Å². The molecule has 0 bridgehead atoms. The Morgan fingerprint density at radius 2 is 1.93 bits per heavy atom. The molecule has 2 N–H and O–H groups in total. The summed E-state index contributed by atoms with van der Waals surface area (Å²) in [5, 5.41) is 15.3. The topological polar surface area (TPSA) is 91.2 Å². The lowest BCUT2D eigenvalue weighted by atomic mass is 10.1. The molecule has 0 aromatic heterocycles. The van der Waals surface area contributed by atoms with Crippen LogP contribution in [0.1, 0.15) is 21.5 Å². The molecule has 1 amide bonds. The second-order valence-corrected chi connectivity index (χ2v) is 6.09. The number of hydrogen-bond acceptors (Lipinski definition) is 5. The SMILES string of the molecule is COC(=O)c1ccc(CN/C=C(/C#N)C(=O)Nc2cc(Cl)ccc2C)cc1. The number of halogens is 1. The molecule has 2 aromatic carbocycles. The number of nitrogens with one attached hydrogen (secondary N) is 2. The van der Waals surface area contributed by atoms with Gasteiger partial charge in [0.1, 0.15) is 11.6 Å². The van der Waals surface area contributed by atoms with Gasteiger partial charge in [-0.1, -0.05) is 29.8 Å². The van der Waals surface area contributed by atoms with Gasteiger partial charge in [-0.3, -0.25) is 4.79 Å². The van der Waals surface area contributed by atoms with Gasteiger partial charge in [-0.25, -0.2) is 4.79 Å². The zero-order chi connectivity index (χ0) is 19.8. The molecule has 0 saturated heterocycles. The third-order valence-electron chi connectivity index (χ3n) is 3.74. The van der Waals surface area contributed by atoms with Crippen LogP contribution in [0.5, 0.6) is 0 Å². The molecule has 7 heteroatoms. The van der Waals surface area contributed by atoms with E-state index < -0.39 is 11.9 Å². The predicted molar refractivity (Wildman–Crippen MR) is 103 cm³/mol. The van der Waals surface area contributed by atoms with Gasteiger partial charge in [-0.05, 0) is 42.3 Å². The number of hydrogen-bond donors (Lipinski definition) is 2. The normalized spacial score (nSPS) is 10.7. The van der Waals surface area contributed by atoms with Crippen molar-refractivity contribution in [2.45, 2.75) is 13.5 Å². The monoisotopic (exact) mass is 383 g/mol. The van der Waals surface area contributed by atoms with E-state index in [1.807, 2.05) is 13.0 Å². The molecule has 0 saturated carbocycles. The van der Waals surface area contributed by atoms with Crippen LogP contribution in [-0.4, -0.2) is 19.0 Å². The number of methoxy groups -OCH3 is 1. The van der Waals surface area contributed by atoms with Gasteiger partial charge < -0.3 is 15.4 Å². The molecular weight excluding hydrogens is 366 g/mol. The Morgan fingerprint density at radius 1 is 1.22 bits per heavy atom. The predicted octanol–water partition coefficient (Wildman–Crippen LogP) is 3.57. The number of aryl methyl sites for hydroxylation is 1. The molecule has 0 fully saturated rings. The summed E-state index contributed by atoms with van der Waals surface area (Å²) in [5.41, 5.74) is 2.64. The zero-order valence-electron chi connectivity index (χ0n) is 14.9. The smallest absolute Gasteiger partial charge is 0.337 e. The van der Waals surface area contributed by atoms with E-state index in [-0.39, 0.29) is 5.57 Å². The lowest BCUT2D eigenvalue weighted by molar-refractivity contribution is -0.112. The summed E-state index contributed by atoms with van der Waals surface area (Å²) in [7, 11) is 1.32. The Bertz CT molecular complexity index is 915. The molecule has 2 aromatic rings. The van der Waals surface area contributed by atoms with Crippen LogP contribution in [0.3, 0.4) is 0 Å². The van der Waals surface area contributed by atoms with Crippen molar-refractivity contribution < 1.29 is 14.3 Å². The van der Waals surface area contributed by atoms with Crippen molar-refractivity contribution in [3.05, 3.63) is 76.0 Å². The maximum atomic E-state index is 12.3. The Hall–Kier alpha value is -3.30. The molecule has 0 spiro atoms. The Balaban J connectivity index is 1.99. The number of anilines is 1. The molecule has 0 atom stereocenters. The van der Waals surface area contributed by atoms with E-state index in [4.69, 9.17) is 11.6 Å². The molecule has 2 rings (SSSR count). The van der Waals surface area contributed by atoms with E-state index in [0.29, 0.717) is 22.8 Å². The minimum atomic E-state index is -0.531. The molecular formula is C20H18ClN3O3. The largest absolute Gasteiger partial charge is 0.465 e. The number of ether oxygens (including phenoxy) is 1. The first kappa shape index (κ1) is 20.0. The number of carbonyl (C=O) groups excluding carboxylic acids is 2. The van der Waals surface area contributed by atoms with Crippen molar-refractivity contribution >= 4 is 29.2 Å². The van der Waals surface area contributed by atoms with Crippen LogP contribution >= 0.6 is 11.6 Å². The third-order valence-corrected chi connectivity index (χ3v) is 3.98. The molecule has 6 nitrogen and oxygen atoms in total. The van der Waals surface area contributed by atoms with Gasteiger partial charge in [0.05, 0.1) is 12.7 Å². The minimum Gasteiger partial charge on any atom is -0.465 e. The lowest BCUT2D eigenvalue weighted by Crippen LogP contribution is -2.17. The summed E-state index contributed by atoms with van der Waals surface area (Å²) in [6.07, 6.45) is 1.35. The summed E-state index contributed by atoms with van der Waals surface area (Å²) >= 11 is 5.93. The number of carbonyl (C=O) groups is 2. The first-order chi connectivity index (χ1) is 12.9. The zero-order valence-corrected chi connectivity index (χ0v) is 15.6. The van der Waals surface area contributed by atoms with Crippen molar-refractivity contribution in [2.24, 2.45) is 0 Å². The van der Waals surface area contributed by atoms with Gasteiger partial charge >= 0.3 is 5.97 Å². The van der Waals surface area contributed by atoms with Crippen molar-refractivity contribution in [3.63, 3.8) is 0 Å². The van der Waals surface area contributed by atoms with Gasteiger partial charge in [0.15, 0.2) is 0 Å².